The molecular formula is C26H18Fe. The zero-order valence-corrected chi connectivity index (χ0v) is 15.9. The summed E-state index contributed by atoms with van der Waals surface area (Å²) in [4.78, 5) is 12.7. The molecule has 12 aliphatic rings. The number of benzene rings is 2. The molecule has 1 aromatic rings. The Bertz CT molecular complexity index is 1640. The molecule has 10 aliphatic heterocycles. The van der Waals surface area contributed by atoms with Crippen molar-refractivity contribution in [3.05, 3.63) is 59.7 Å². The second-order valence-electron chi connectivity index (χ2n) is 13.2. The third-order valence-corrected chi connectivity index (χ3v) is 59.5. The molecule has 1 aromatic carbocycles. The van der Waals surface area contributed by atoms with Crippen molar-refractivity contribution in [2.24, 2.45) is 0 Å². The van der Waals surface area contributed by atoms with Crippen LogP contribution < -0.4 is 0 Å². The Balaban J connectivity index is 0.000000122. The Morgan fingerprint density at radius 3 is 1.81 bits per heavy atom. The van der Waals surface area contributed by atoms with E-state index in [0.29, 0.717) is 0 Å². The summed E-state index contributed by atoms with van der Waals surface area (Å²) in [5.74, 6) is 10.3. The van der Waals surface area contributed by atoms with Gasteiger partial charge in [-0.05, 0) is 12.1 Å². The van der Waals surface area contributed by atoms with Gasteiger partial charge in [0, 0.05) is 5.56 Å². The summed E-state index contributed by atoms with van der Waals surface area (Å²) in [5.41, 5.74) is 5.29. The Morgan fingerprint density at radius 1 is 0.815 bits per heavy atom. The van der Waals surface area contributed by atoms with E-state index in [4.69, 9.17) is 6.42 Å². The van der Waals surface area contributed by atoms with Gasteiger partial charge in [-0.1, -0.05) is 24.1 Å². The van der Waals surface area contributed by atoms with E-state index in [2.05, 4.69) is 36.0 Å². The molecule has 10 saturated heterocycles. The summed E-state index contributed by atoms with van der Waals surface area (Å²) in [6.45, 7) is -2.87. The van der Waals surface area contributed by atoms with Crippen LogP contribution in [0.5, 0.6) is 0 Å². The van der Waals surface area contributed by atoms with Crippen molar-refractivity contribution >= 4 is 0 Å². The zero-order chi connectivity index (χ0) is 17.1. The van der Waals surface area contributed by atoms with Gasteiger partial charge in [0.25, 0.3) is 0 Å². The molecule has 0 amide bonds. The van der Waals surface area contributed by atoms with Crippen LogP contribution in [0.1, 0.15) is 11.1 Å². The Morgan fingerprint density at radius 2 is 1.48 bits per heavy atom. The van der Waals surface area contributed by atoms with Crippen molar-refractivity contribution in [1.82, 2.24) is 0 Å². The van der Waals surface area contributed by atoms with E-state index in [9.17, 15) is 0 Å². The van der Waals surface area contributed by atoms with Gasteiger partial charge in [-0.3, -0.25) is 0 Å². The van der Waals surface area contributed by atoms with Crippen LogP contribution in [-0.4, -0.2) is 0 Å². The van der Waals surface area contributed by atoms with Crippen LogP contribution >= 0.6 is 0 Å². The maximum atomic E-state index is 5.10. The molecule has 27 heavy (non-hydrogen) atoms. The van der Waals surface area contributed by atoms with Crippen molar-refractivity contribution < 1.29 is 6.51 Å². The molecule has 1 heteroatoms. The summed E-state index contributed by atoms with van der Waals surface area (Å²) < 4.78 is 0.809. The molecule has 0 saturated carbocycles. The second kappa shape index (κ2) is 1.31. The van der Waals surface area contributed by atoms with Crippen LogP contribution in [0.2, 0.25) is 47.7 Å². The average Bonchev–Trinajstić information content (AvgIpc) is 3.63. The van der Waals surface area contributed by atoms with Gasteiger partial charge >= 0.3 is 101 Å². The fraction of sp³-hybridized carbons (Fsp3) is 0.385. The summed E-state index contributed by atoms with van der Waals surface area (Å²) in [5, 5.41) is 0. The summed E-state index contributed by atoms with van der Waals surface area (Å²) >= 11 is 0. The Kier molecular flexibility index (Phi) is 0.541. The normalized spacial score (nSPS) is 78.3. The van der Waals surface area contributed by atoms with Crippen molar-refractivity contribution in [2.75, 3.05) is 0 Å². The van der Waals surface area contributed by atoms with Crippen LogP contribution in [0, 0.1) is 24.2 Å². The number of fused-ring (bicyclic) bond motifs is 11. The van der Waals surface area contributed by atoms with Crippen LogP contribution in [0.3, 0.4) is 0 Å². The van der Waals surface area contributed by atoms with Crippen molar-refractivity contribution in [3.8, 4) is 35.3 Å². The molecule has 4 unspecified atom stereocenters. The van der Waals surface area contributed by atoms with E-state index < -0.39 is 6.51 Å². The molecule has 1 spiro atoms. The third kappa shape index (κ3) is 0.197. The standard InChI is InChI=1S/C13H7.C8H6.C5H5.Fe/c1-2-4-10(3-1)5-6-11-9-12-7-8-13(11)12;1-2-8-6-4-3-5-7-8;1-2-4-5-3-1;/h1-4,7-9H;1,3-7H;1-5H;. The maximum absolute atomic E-state index is 5.10. The second-order valence-corrected chi connectivity index (χ2v) is 36.8. The SMILES string of the molecule is C#Cc1ccccc1.C(#C[C]12[CH]3[CH]4[CH]5[CH]1[Fe]45321678[CH]2[CH]1[CH]6[CH]7[CH]28)c1cc2ccc1-2. The molecule has 13 rings (SSSR count). The fourth-order valence-electron chi connectivity index (χ4n) is 18.1. The predicted octanol–water partition coefficient (Wildman–Crippen LogP) is 6.45. The molecule has 2 aliphatic carbocycles. The number of hydrogen-bond acceptors (Lipinski definition) is 0. The number of hydrogen-bond donors (Lipinski definition) is 0. The van der Waals surface area contributed by atoms with Gasteiger partial charge in [-0.25, -0.2) is 0 Å². The average molecular weight is 386 g/mol. The monoisotopic (exact) mass is 386 g/mol. The number of rotatable bonds is 0. The van der Waals surface area contributed by atoms with Crippen molar-refractivity contribution in [3.63, 3.8) is 0 Å². The van der Waals surface area contributed by atoms with E-state index in [1.54, 1.807) is 0 Å². The van der Waals surface area contributed by atoms with Gasteiger partial charge in [-0.15, -0.1) is 6.42 Å². The molecule has 0 bridgehead atoms. The first-order chi connectivity index (χ1) is 13.0. The predicted molar refractivity (Wildman–Crippen MR) is 103 cm³/mol. The summed E-state index contributed by atoms with van der Waals surface area (Å²) in [6, 6.07) is 16.4. The van der Waals surface area contributed by atoms with Gasteiger partial charge in [0.1, 0.15) is 0 Å². The summed E-state index contributed by atoms with van der Waals surface area (Å²) in [6.07, 6.45) is 5.10. The molecule has 10 heterocycles. The van der Waals surface area contributed by atoms with Gasteiger partial charge in [0.2, 0.25) is 0 Å². The minimum atomic E-state index is -2.87. The molecule has 0 aromatic heterocycles. The van der Waals surface area contributed by atoms with E-state index in [1.165, 1.54) is 60.0 Å². The molecule has 10 fully saturated rings. The van der Waals surface area contributed by atoms with Gasteiger partial charge in [-0.2, -0.15) is 0 Å². The van der Waals surface area contributed by atoms with E-state index in [1.807, 2.05) is 30.3 Å². The fourth-order valence-corrected chi connectivity index (χ4v) is 91.1. The van der Waals surface area contributed by atoms with E-state index >= 15 is 0 Å². The topological polar surface area (TPSA) is 0 Å². The Hall–Kier alpha value is -1.92. The van der Waals surface area contributed by atoms with Crippen LogP contribution in [0.4, 0.5) is 0 Å². The Labute approximate surface area is 149 Å². The first-order valence-electron chi connectivity index (χ1n) is 10.4. The molecule has 130 valence electrons. The van der Waals surface area contributed by atoms with Crippen molar-refractivity contribution in [2.45, 2.75) is 47.7 Å². The summed E-state index contributed by atoms with van der Waals surface area (Å²) in [7, 11) is 0. The first-order valence-corrected chi connectivity index (χ1v) is 16.7. The van der Waals surface area contributed by atoms with Crippen LogP contribution in [0.15, 0.2) is 48.5 Å². The molecule has 0 radical (unpaired) electrons. The van der Waals surface area contributed by atoms with E-state index in [0.717, 1.165) is 9.88 Å². The molecule has 4 atom stereocenters. The van der Waals surface area contributed by atoms with Crippen LogP contribution in [0.25, 0.3) is 11.1 Å². The van der Waals surface area contributed by atoms with Gasteiger partial charge in [0.15, 0.2) is 0 Å². The zero-order valence-electron chi connectivity index (χ0n) is 14.7. The molecule has 0 nitrogen and oxygen atoms in total. The minimum absolute atomic E-state index is 0.809. The first kappa shape index (κ1) is 11.2. The van der Waals surface area contributed by atoms with E-state index in [-0.39, 0.29) is 0 Å². The van der Waals surface area contributed by atoms with Gasteiger partial charge in [0.05, 0.1) is 0 Å². The van der Waals surface area contributed by atoms with Crippen molar-refractivity contribution in [1.29, 1.82) is 0 Å². The molecular weight excluding hydrogens is 368 g/mol. The molecule has 0 N–H and O–H groups in total. The quantitative estimate of drug-likeness (QED) is 0.308. The number of terminal acetylenes is 1. The van der Waals surface area contributed by atoms with Crippen LogP contribution in [-0.2, 0) is 6.51 Å². The third-order valence-electron chi connectivity index (χ3n) is 17.3. The van der Waals surface area contributed by atoms with Gasteiger partial charge < -0.3 is 0 Å².